The van der Waals surface area contributed by atoms with Gasteiger partial charge in [0, 0.05) is 5.75 Å². The van der Waals surface area contributed by atoms with Crippen LogP contribution in [0.1, 0.15) is 5.56 Å². The number of halogens is 1. The number of primary amides is 1. The lowest BCUT2D eigenvalue weighted by atomic mass is 10.1. The van der Waals surface area contributed by atoms with Gasteiger partial charge < -0.3 is 11.1 Å². The van der Waals surface area contributed by atoms with Crippen LogP contribution in [0.5, 0.6) is 0 Å². The summed E-state index contributed by atoms with van der Waals surface area (Å²) in [5.74, 6) is -0.693. The van der Waals surface area contributed by atoms with Gasteiger partial charge in [0.15, 0.2) is 0 Å². The zero-order valence-electron chi connectivity index (χ0n) is 9.56. The third-order valence-electron chi connectivity index (χ3n) is 2.78. The summed E-state index contributed by atoms with van der Waals surface area (Å²) in [5.41, 5.74) is 5.63. The Morgan fingerprint density at radius 1 is 1.50 bits per heavy atom. The van der Waals surface area contributed by atoms with Gasteiger partial charge >= 0.3 is 0 Å². The van der Waals surface area contributed by atoms with Crippen molar-refractivity contribution in [3.63, 3.8) is 0 Å². The third-order valence-corrected chi connectivity index (χ3v) is 4.09. The first kappa shape index (κ1) is 12.9. The SMILES string of the molecule is NC(=O)[C@@H]1CS[C@H](Cc2ccccc2F)C(=O)N1. The van der Waals surface area contributed by atoms with Crippen LogP contribution in [0.3, 0.4) is 0 Å². The molecular formula is C12H13FN2O2S. The molecule has 0 aliphatic carbocycles. The number of carbonyl (C=O) groups is 2. The second-order valence-corrected chi connectivity index (χ2v) is 5.32. The first-order valence-electron chi connectivity index (χ1n) is 5.52. The van der Waals surface area contributed by atoms with E-state index in [0.29, 0.717) is 17.7 Å². The summed E-state index contributed by atoms with van der Waals surface area (Å²) >= 11 is 1.33. The molecule has 0 unspecified atom stereocenters. The Kier molecular flexibility index (Phi) is 3.86. The van der Waals surface area contributed by atoms with Gasteiger partial charge in [0.2, 0.25) is 11.8 Å². The minimum absolute atomic E-state index is 0.265. The molecule has 2 atom stereocenters. The van der Waals surface area contributed by atoms with E-state index in [1.165, 1.54) is 17.8 Å². The van der Waals surface area contributed by atoms with Gasteiger partial charge in [0.05, 0.1) is 5.25 Å². The fourth-order valence-corrected chi connectivity index (χ4v) is 2.95. The predicted octanol–water partition coefficient (Wildman–Crippen LogP) is 0.454. The van der Waals surface area contributed by atoms with Crippen LogP contribution < -0.4 is 11.1 Å². The lowest BCUT2D eigenvalue weighted by molar-refractivity contribution is -0.127. The largest absolute Gasteiger partial charge is 0.368 e. The van der Waals surface area contributed by atoms with Crippen LogP contribution in [0.25, 0.3) is 0 Å². The summed E-state index contributed by atoms with van der Waals surface area (Å²) in [6, 6.07) is 5.74. The van der Waals surface area contributed by atoms with Gasteiger partial charge in [-0.05, 0) is 18.1 Å². The number of thioether (sulfide) groups is 1. The Hall–Kier alpha value is -1.56. The van der Waals surface area contributed by atoms with Crippen molar-refractivity contribution in [2.75, 3.05) is 5.75 Å². The highest BCUT2D eigenvalue weighted by molar-refractivity contribution is 8.00. The fourth-order valence-electron chi connectivity index (χ4n) is 1.76. The zero-order chi connectivity index (χ0) is 13.1. The molecule has 3 N–H and O–H groups in total. The first-order valence-corrected chi connectivity index (χ1v) is 6.57. The molecule has 0 saturated carbocycles. The lowest BCUT2D eigenvalue weighted by Crippen LogP contribution is -2.53. The summed E-state index contributed by atoms with van der Waals surface area (Å²) in [7, 11) is 0. The summed E-state index contributed by atoms with van der Waals surface area (Å²) in [4.78, 5) is 22.7. The van der Waals surface area contributed by atoms with E-state index < -0.39 is 11.9 Å². The van der Waals surface area contributed by atoms with Crippen molar-refractivity contribution in [1.29, 1.82) is 0 Å². The smallest absolute Gasteiger partial charge is 0.240 e. The lowest BCUT2D eigenvalue weighted by Gasteiger charge is -2.26. The van der Waals surface area contributed by atoms with Crippen LogP contribution in [0.2, 0.25) is 0 Å². The molecule has 18 heavy (non-hydrogen) atoms. The molecule has 2 rings (SSSR count). The predicted molar refractivity (Wildman–Crippen MR) is 67.5 cm³/mol. The average molecular weight is 268 g/mol. The zero-order valence-corrected chi connectivity index (χ0v) is 10.4. The van der Waals surface area contributed by atoms with E-state index in [9.17, 15) is 14.0 Å². The number of nitrogens with two attached hydrogens (primary N) is 1. The summed E-state index contributed by atoms with van der Waals surface area (Å²) in [5, 5.41) is 2.17. The van der Waals surface area contributed by atoms with Crippen molar-refractivity contribution in [2.24, 2.45) is 5.73 Å². The molecule has 1 heterocycles. The number of rotatable bonds is 3. The minimum Gasteiger partial charge on any atom is -0.368 e. The molecule has 1 aliphatic rings. The third kappa shape index (κ3) is 2.81. The van der Waals surface area contributed by atoms with Crippen molar-refractivity contribution >= 4 is 23.6 Å². The number of carbonyl (C=O) groups excluding carboxylic acids is 2. The van der Waals surface area contributed by atoms with E-state index in [1.54, 1.807) is 18.2 Å². The van der Waals surface area contributed by atoms with Crippen molar-refractivity contribution in [3.8, 4) is 0 Å². The number of nitrogens with one attached hydrogen (secondary N) is 1. The van der Waals surface area contributed by atoms with Crippen LogP contribution in [-0.2, 0) is 16.0 Å². The molecule has 1 aliphatic heterocycles. The number of hydrogen-bond donors (Lipinski definition) is 2. The number of amides is 2. The van der Waals surface area contributed by atoms with E-state index in [0.717, 1.165) is 0 Å². The van der Waals surface area contributed by atoms with Crippen LogP contribution in [0, 0.1) is 5.82 Å². The minimum atomic E-state index is -0.626. The normalized spacial score (nSPS) is 23.5. The van der Waals surface area contributed by atoms with Gasteiger partial charge in [0.25, 0.3) is 0 Å². The molecular weight excluding hydrogens is 255 g/mol. The van der Waals surface area contributed by atoms with E-state index in [1.807, 2.05) is 0 Å². The maximum atomic E-state index is 13.5. The number of hydrogen-bond acceptors (Lipinski definition) is 3. The Balaban J connectivity index is 2.02. The van der Waals surface area contributed by atoms with Crippen molar-refractivity contribution in [2.45, 2.75) is 17.7 Å². The van der Waals surface area contributed by atoms with E-state index in [4.69, 9.17) is 5.73 Å². The molecule has 1 saturated heterocycles. The highest BCUT2D eigenvalue weighted by atomic mass is 32.2. The standard InChI is InChI=1S/C12H13FN2O2S/c13-8-4-2-1-3-7(8)5-10-12(17)15-9(6-18-10)11(14)16/h1-4,9-10H,5-6H2,(H2,14,16)(H,15,17)/t9-,10+/m0/s1. The van der Waals surface area contributed by atoms with Crippen LogP contribution in [-0.4, -0.2) is 28.9 Å². The van der Waals surface area contributed by atoms with Gasteiger partial charge in [0.1, 0.15) is 11.9 Å². The van der Waals surface area contributed by atoms with Gasteiger partial charge in [-0.15, -0.1) is 11.8 Å². The maximum absolute atomic E-state index is 13.5. The summed E-state index contributed by atoms with van der Waals surface area (Å²) in [6.45, 7) is 0. The fraction of sp³-hybridized carbons (Fsp3) is 0.333. The van der Waals surface area contributed by atoms with E-state index in [2.05, 4.69) is 5.32 Å². The molecule has 96 valence electrons. The quantitative estimate of drug-likeness (QED) is 0.836. The van der Waals surface area contributed by atoms with Crippen molar-refractivity contribution in [3.05, 3.63) is 35.6 Å². The molecule has 6 heteroatoms. The van der Waals surface area contributed by atoms with Crippen molar-refractivity contribution < 1.29 is 14.0 Å². The topological polar surface area (TPSA) is 72.2 Å². The van der Waals surface area contributed by atoms with Crippen LogP contribution >= 0.6 is 11.8 Å². The van der Waals surface area contributed by atoms with Crippen LogP contribution in [0.4, 0.5) is 4.39 Å². The Morgan fingerprint density at radius 3 is 2.83 bits per heavy atom. The molecule has 0 spiro atoms. The molecule has 4 nitrogen and oxygen atoms in total. The molecule has 2 amide bonds. The second-order valence-electron chi connectivity index (χ2n) is 4.08. The highest BCUT2D eigenvalue weighted by Gasteiger charge is 2.31. The molecule has 0 aromatic heterocycles. The molecule has 1 aromatic rings. The van der Waals surface area contributed by atoms with Gasteiger partial charge in [-0.25, -0.2) is 4.39 Å². The first-order chi connectivity index (χ1) is 8.58. The molecule has 1 aromatic carbocycles. The maximum Gasteiger partial charge on any atom is 0.240 e. The van der Waals surface area contributed by atoms with Gasteiger partial charge in [-0.1, -0.05) is 18.2 Å². The Morgan fingerprint density at radius 2 is 2.22 bits per heavy atom. The summed E-state index contributed by atoms with van der Waals surface area (Å²) < 4.78 is 13.5. The monoisotopic (exact) mass is 268 g/mol. The average Bonchev–Trinajstić information content (AvgIpc) is 2.34. The Labute approximate surface area is 108 Å². The van der Waals surface area contributed by atoms with E-state index in [-0.39, 0.29) is 17.0 Å². The molecule has 0 bridgehead atoms. The number of benzene rings is 1. The van der Waals surface area contributed by atoms with Crippen LogP contribution in [0.15, 0.2) is 24.3 Å². The van der Waals surface area contributed by atoms with Gasteiger partial charge in [-0.2, -0.15) is 0 Å². The van der Waals surface area contributed by atoms with Crippen molar-refractivity contribution in [1.82, 2.24) is 5.32 Å². The summed E-state index contributed by atoms with van der Waals surface area (Å²) in [6.07, 6.45) is 0.314. The Bertz CT molecular complexity index is 481. The van der Waals surface area contributed by atoms with Gasteiger partial charge in [-0.3, -0.25) is 9.59 Å². The second kappa shape index (κ2) is 5.39. The molecule has 1 fully saturated rings. The molecule has 0 radical (unpaired) electrons. The van der Waals surface area contributed by atoms with E-state index >= 15 is 0 Å². The highest BCUT2D eigenvalue weighted by Crippen LogP contribution is 2.22.